The molecule has 0 amide bonds. The number of furan rings is 1. The summed E-state index contributed by atoms with van der Waals surface area (Å²) < 4.78 is 29.8. The van der Waals surface area contributed by atoms with Crippen LogP contribution in [0.5, 0.6) is 0 Å². The highest BCUT2D eigenvalue weighted by Crippen LogP contribution is 2.27. The maximum atomic E-state index is 11.0. The fourth-order valence-corrected chi connectivity index (χ4v) is 2.15. The van der Waals surface area contributed by atoms with Crippen molar-refractivity contribution >= 4 is 21.0 Å². The molecule has 5 nitrogen and oxygen atoms in total. The van der Waals surface area contributed by atoms with Crippen molar-refractivity contribution in [1.29, 1.82) is 0 Å². The summed E-state index contributed by atoms with van der Waals surface area (Å²) in [6.45, 7) is 1.37. The van der Waals surface area contributed by atoms with E-state index in [2.05, 4.69) is 4.72 Å². The van der Waals surface area contributed by atoms with Gasteiger partial charge in [0.25, 0.3) is 0 Å². The van der Waals surface area contributed by atoms with E-state index in [-0.39, 0.29) is 6.54 Å². The van der Waals surface area contributed by atoms with Crippen LogP contribution in [0.2, 0.25) is 0 Å². The molecule has 1 atom stereocenters. The first-order valence-electron chi connectivity index (χ1n) is 5.44. The van der Waals surface area contributed by atoms with Gasteiger partial charge < -0.3 is 9.52 Å². The van der Waals surface area contributed by atoms with E-state index in [0.29, 0.717) is 11.3 Å². The van der Waals surface area contributed by atoms with Gasteiger partial charge >= 0.3 is 0 Å². The molecule has 0 unspecified atom stereocenters. The molecule has 1 aromatic heterocycles. The van der Waals surface area contributed by atoms with Crippen LogP contribution in [0, 0.1) is 0 Å². The highest BCUT2D eigenvalue weighted by Gasteiger charge is 2.28. The van der Waals surface area contributed by atoms with Gasteiger partial charge in [0.05, 0.1) is 6.26 Å². The maximum absolute atomic E-state index is 11.0. The molecule has 0 aliphatic carbocycles. The number of rotatable bonds is 4. The van der Waals surface area contributed by atoms with E-state index < -0.39 is 15.6 Å². The molecule has 0 spiro atoms. The second-order valence-electron chi connectivity index (χ2n) is 4.52. The lowest BCUT2D eigenvalue weighted by Gasteiger charge is -2.20. The molecule has 0 bridgehead atoms. The van der Waals surface area contributed by atoms with Crippen molar-refractivity contribution in [2.45, 2.75) is 12.5 Å². The zero-order chi connectivity index (χ0) is 13.4. The molecule has 2 N–H and O–H groups in total. The SMILES string of the molecule is C[C@@](O)(CNS(C)(=O)=O)c1cc2ccccc2o1. The number of benzene rings is 1. The Morgan fingerprint density at radius 2 is 2.06 bits per heavy atom. The molecule has 0 aliphatic heterocycles. The van der Waals surface area contributed by atoms with Gasteiger partial charge in [0.15, 0.2) is 0 Å². The average Bonchev–Trinajstić information content (AvgIpc) is 2.70. The molecule has 0 radical (unpaired) electrons. The number of hydrogen-bond acceptors (Lipinski definition) is 4. The summed E-state index contributed by atoms with van der Waals surface area (Å²) in [6.07, 6.45) is 1.04. The Hall–Kier alpha value is -1.37. The minimum Gasteiger partial charge on any atom is -0.458 e. The van der Waals surface area contributed by atoms with E-state index in [4.69, 9.17) is 4.42 Å². The van der Waals surface area contributed by atoms with Crippen molar-refractivity contribution in [3.05, 3.63) is 36.1 Å². The second-order valence-corrected chi connectivity index (χ2v) is 6.35. The number of aliphatic hydroxyl groups is 1. The van der Waals surface area contributed by atoms with E-state index >= 15 is 0 Å². The lowest BCUT2D eigenvalue weighted by Crippen LogP contribution is -2.37. The summed E-state index contributed by atoms with van der Waals surface area (Å²) in [4.78, 5) is 0. The van der Waals surface area contributed by atoms with Crippen molar-refractivity contribution in [3.8, 4) is 0 Å². The first-order valence-corrected chi connectivity index (χ1v) is 7.33. The average molecular weight is 269 g/mol. The van der Waals surface area contributed by atoms with Crippen LogP contribution < -0.4 is 4.72 Å². The largest absolute Gasteiger partial charge is 0.458 e. The monoisotopic (exact) mass is 269 g/mol. The summed E-state index contributed by atoms with van der Waals surface area (Å²) >= 11 is 0. The van der Waals surface area contributed by atoms with Crippen LogP contribution in [0.25, 0.3) is 11.0 Å². The topological polar surface area (TPSA) is 79.5 Å². The zero-order valence-corrected chi connectivity index (χ0v) is 11.0. The molecular formula is C12H15NO4S. The molecule has 0 aliphatic rings. The van der Waals surface area contributed by atoms with Crippen molar-refractivity contribution < 1.29 is 17.9 Å². The Morgan fingerprint density at radius 1 is 1.39 bits per heavy atom. The minimum absolute atomic E-state index is 0.133. The van der Waals surface area contributed by atoms with Crippen LogP contribution in [0.4, 0.5) is 0 Å². The van der Waals surface area contributed by atoms with Gasteiger partial charge in [-0.05, 0) is 19.1 Å². The smallest absolute Gasteiger partial charge is 0.208 e. The first-order chi connectivity index (χ1) is 8.28. The third-order valence-corrected chi connectivity index (χ3v) is 3.30. The highest BCUT2D eigenvalue weighted by molar-refractivity contribution is 7.88. The van der Waals surface area contributed by atoms with Crippen molar-refractivity contribution in [1.82, 2.24) is 4.72 Å². The van der Waals surface area contributed by atoms with Gasteiger partial charge in [-0.2, -0.15) is 0 Å². The predicted molar refractivity (Wildman–Crippen MR) is 68.6 cm³/mol. The molecule has 18 heavy (non-hydrogen) atoms. The fourth-order valence-electron chi connectivity index (χ4n) is 1.61. The Bertz CT molecular complexity index is 625. The lowest BCUT2D eigenvalue weighted by molar-refractivity contribution is 0.0412. The van der Waals surface area contributed by atoms with Gasteiger partial charge in [-0.15, -0.1) is 0 Å². The molecule has 1 heterocycles. The molecule has 6 heteroatoms. The van der Waals surface area contributed by atoms with Crippen LogP contribution in [0.3, 0.4) is 0 Å². The van der Waals surface area contributed by atoms with Crippen molar-refractivity contribution in [2.24, 2.45) is 0 Å². The van der Waals surface area contributed by atoms with Gasteiger partial charge in [-0.25, -0.2) is 13.1 Å². The molecule has 2 aromatic rings. The number of sulfonamides is 1. The van der Waals surface area contributed by atoms with Gasteiger partial charge in [0, 0.05) is 11.9 Å². The van der Waals surface area contributed by atoms with Crippen LogP contribution in [-0.4, -0.2) is 26.3 Å². The van der Waals surface area contributed by atoms with Crippen molar-refractivity contribution in [3.63, 3.8) is 0 Å². The third kappa shape index (κ3) is 2.90. The molecular weight excluding hydrogens is 254 g/mol. The molecule has 2 rings (SSSR count). The molecule has 0 saturated carbocycles. The lowest BCUT2D eigenvalue weighted by atomic mass is 10.0. The summed E-state index contributed by atoms with van der Waals surface area (Å²) in [7, 11) is -3.35. The highest BCUT2D eigenvalue weighted by atomic mass is 32.2. The molecule has 98 valence electrons. The standard InChI is InChI=1S/C12H15NO4S/c1-12(14,8-13-18(2,15)16)11-7-9-5-3-4-6-10(9)17-11/h3-7,13-14H,8H2,1-2H3/t12-/m1/s1. The Balaban J connectivity index is 2.28. The van der Waals surface area contributed by atoms with Crippen molar-refractivity contribution in [2.75, 3.05) is 12.8 Å². The van der Waals surface area contributed by atoms with E-state index in [1.54, 1.807) is 12.1 Å². The summed E-state index contributed by atoms with van der Waals surface area (Å²) in [5, 5.41) is 11.1. The van der Waals surface area contributed by atoms with E-state index in [0.717, 1.165) is 11.6 Å². The number of nitrogens with one attached hydrogen (secondary N) is 1. The van der Waals surface area contributed by atoms with E-state index in [1.807, 2.05) is 18.2 Å². The van der Waals surface area contributed by atoms with Crippen LogP contribution in [-0.2, 0) is 15.6 Å². The minimum atomic E-state index is -3.35. The molecule has 0 saturated heterocycles. The summed E-state index contributed by atoms with van der Waals surface area (Å²) in [6, 6.07) is 9.06. The van der Waals surface area contributed by atoms with E-state index in [9.17, 15) is 13.5 Å². The number of fused-ring (bicyclic) bond motifs is 1. The maximum Gasteiger partial charge on any atom is 0.208 e. The van der Waals surface area contributed by atoms with Gasteiger partial charge in [0.1, 0.15) is 16.9 Å². The van der Waals surface area contributed by atoms with Crippen LogP contribution in [0.1, 0.15) is 12.7 Å². The molecule has 0 fully saturated rings. The van der Waals surface area contributed by atoms with Gasteiger partial charge in [0.2, 0.25) is 10.0 Å². The summed E-state index contributed by atoms with van der Waals surface area (Å²) in [5.41, 5.74) is -0.727. The van der Waals surface area contributed by atoms with Crippen LogP contribution in [0.15, 0.2) is 34.7 Å². The third-order valence-electron chi connectivity index (χ3n) is 2.63. The van der Waals surface area contributed by atoms with Gasteiger partial charge in [-0.1, -0.05) is 18.2 Å². The number of para-hydroxylation sites is 1. The fraction of sp³-hybridized carbons (Fsp3) is 0.333. The van der Waals surface area contributed by atoms with Gasteiger partial charge in [-0.3, -0.25) is 0 Å². The zero-order valence-electron chi connectivity index (χ0n) is 10.2. The number of hydrogen-bond donors (Lipinski definition) is 2. The van der Waals surface area contributed by atoms with E-state index in [1.165, 1.54) is 6.92 Å². The van der Waals surface area contributed by atoms with Crippen LogP contribution >= 0.6 is 0 Å². The summed E-state index contributed by atoms with van der Waals surface area (Å²) in [5.74, 6) is 0.333. The Morgan fingerprint density at radius 3 is 2.67 bits per heavy atom. The molecule has 1 aromatic carbocycles. The predicted octanol–water partition coefficient (Wildman–Crippen LogP) is 1.19. The first kappa shape index (κ1) is 13.1. The quantitative estimate of drug-likeness (QED) is 0.873. The Labute approximate surface area is 105 Å². The Kier molecular flexibility index (Phi) is 3.18. The normalized spacial score (nSPS) is 15.7. The second kappa shape index (κ2) is 4.38.